The molecule has 0 radical (unpaired) electrons. The van der Waals surface area contributed by atoms with Gasteiger partial charge in [0.15, 0.2) is 0 Å². The molecule has 1 heterocycles. The standard InChI is InChI=1S/C14H24N2O5/c1-10-7-6-8-16(10,13(19)20)12(18)15(5)9-11(17)21-14(2,3)4/h10H,6-9H2,1-5H3/p+1/t10-,16?/m1/s1. The molecular formula is C14H25N2O5+. The molecule has 1 fully saturated rings. The lowest BCUT2D eigenvalue weighted by atomic mass is 10.2. The summed E-state index contributed by atoms with van der Waals surface area (Å²) < 4.78 is 4.51. The third kappa shape index (κ3) is 3.72. The van der Waals surface area contributed by atoms with E-state index in [1.807, 2.05) is 0 Å². The fourth-order valence-electron chi connectivity index (χ4n) is 2.67. The second-order valence-corrected chi connectivity index (χ2v) is 6.59. The van der Waals surface area contributed by atoms with Crippen LogP contribution in [0.3, 0.4) is 0 Å². The zero-order valence-electron chi connectivity index (χ0n) is 13.4. The monoisotopic (exact) mass is 301 g/mol. The predicted molar refractivity (Wildman–Crippen MR) is 75.7 cm³/mol. The summed E-state index contributed by atoms with van der Waals surface area (Å²) in [7, 11) is 1.43. The molecule has 1 rings (SSSR count). The molecule has 1 saturated heterocycles. The van der Waals surface area contributed by atoms with Crippen LogP contribution in [0.15, 0.2) is 0 Å². The van der Waals surface area contributed by atoms with Gasteiger partial charge in [-0.3, -0.25) is 9.69 Å². The van der Waals surface area contributed by atoms with Crippen LogP contribution in [0.1, 0.15) is 40.5 Å². The minimum Gasteiger partial charge on any atom is -0.459 e. The van der Waals surface area contributed by atoms with Crippen LogP contribution in [0.5, 0.6) is 0 Å². The van der Waals surface area contributed by atoms with Crippen molar-refractivity contribution < 1.29 is 28.7 Å². The zero-order chi connectivity index (χ0) is 16.4. The molecule has 0 aromatic rings. The van der Waals surface area contributed by atoms with E-state index in [1.165, 1.54) is 7.05 Å². The highest BCUT2D eigenvalue weighted by atomic mass is 16.6. The van der Waals surface area contributed by atoms with Gasteiger partial charge in [-0.05, 0) is 27.7 Å². The summed E-state index contributed by atoms with van der Waals surface area (Å²) in [6.45, 7) is 6.96. The van der Waals surface area contributed by atoms with E-state index in [0.29, 0.717) is 12.8 Å². The SMILES string of the molecule is C[C@@H]1CCC[N+]1(C(=O)O)C(=O)N(C)CC(=O)OC(C)(C)C. The number of carboxylic acid groups (broad SMARTS) is 1. The van der Waals surface area contributed by atoms with Gasteiger partial charge in [-0.25, -0.2) is 4.79 Å². The second kappa shape index (κ2) is 6.01. The van der Waals surface area contributed by atoms with Crippen molar-refractivity contribution in [2.75, 3.05) is 20.1 Å². The lowest BCUT2D eigenvalue weighted by Crippen LogP contribution is -2.62. The molecule has 0 spiro atoms. The van der Waals surface area contributed by atoms with E-state index in [1.54, 1.807) is 27.7 Å². The number of carbonyl (C=O) groups is 3. The maximum Gasteiger partial charge on any atom is 0.523 e. The number of likely N-dealkylation sites (N-methyl/N-ethyl adjacent to an activating group) is 1. The highest BCUT2D eigenvalue weighted by Crippen LogP contribution is 2.29. The highest BCUT2D eigenvalue weighted by molar-refractivity contribution is 5.83. The van der Waals surface area contributed by atoms with Gasteiger partial charge in [0.1, 0.15) is 18.2 Å². The molecule has 0 aromatic carbocycles. The van der Waals surface area contributed by atoms with Gasteiger partial charge in [0, 0.05) is 19.9 Å². The van der Waals surface area contributed by atoms with E-state index in [4.69, 9.17) is 4.74 Å². The number of hydrogen-bond acceptors (Lipinski definition) is 4. The Labute approximate surface area is 125 Å². The summed E-state index contributed by atoms with van der Waals surface area (Å²) in [6.07, 6.45) is 0.193. The van der Waals surface area contributed by atoms with Gasteiger partial charge in [-0.15, -0.1) is 4.48 Å². The zero-order valence-corrected chi connectivity index (χ0v) is 13.4. The Bertz CT molecular complexity index is 443. The van der Waals surface area contributed by atoms with Crippen molar-refractivity contribution in [3.8, 4) is 0 Å². The third-order valence-electron chi connectivity index (χ3n) is 3.68. The lowest BCUT2D eigenvalue weighted by Gasteiger charge is -2.32. The van der Waals surface area contributed by atoms with Gasteiger partial charge in [0.05, 0.1) is 6.54 Å². The first-order valence-corrected chi connectivity index (χ1v) is 7.09. The molecular weight excluding hydrogens is 276 g/mol. The number of esters is 1. The summed E-state index contributed by atoms with van der Waals surface area (Å²) >= 11 is 0. The largest absolute Gasteiger partial charge is 0.523 e. The van der Waals surface area contributed by atoms with E-state index in [2.05, 4.69) is 0 Å². The van der Waals surface area contributed by atoms with Crippen molar-refractivity contribution in [1.82, 2.24) is 4.90 Å². The molecule has 7 heteroatoms. The number of quaternary nitrogens is 1. The summed E-state index contributed by atoms with van der Waals surface area (Å²) in [5.41, 5.74) is -0.638. The average Bonchev–Trinajstić information content (AvgIpc) is 2.68. The fraction of sp³-hybridized carbons (Fsp3) is 0.786. The Morgan fingerprint density at radius 3 is 2.29 bits per heavy atom. The quantitative estimate of drug-likeness (QED) is 0.623. The maximum absolute atomic E-state index is 12.5. The van der Waals surface area contributed by atoms with Crippen LogP contribution in [-0.2, 0) is 9.53 Å². The minimum absolute atomic E-state index is 0.254. The number of amides is 3. The second-order valence-electron chi connectivity index (χ2n) is 6.59. The number of ether oxygens (including phenoxy) is 1. The number of imide groups is 1. The summed E-state index contributed by atoms with van der Waals surface area (Å²) in [5.74, 6) is -0.547. The number of hydrogen-bond donors (Lipinski definition) is 1. The van der Waals surface area contributed by atoms with Gasteiger partial charge >= 0.3 is 18.1 Å². The molecule has 0 bridgehead atoms. The molecule has 3 amide bonds. The molecule has 0 aliphatic carbocycles. The summed E-state index contributed by atoms with van der Waals surface area (Å²) in [6, 6.07) is -0.866. The van der Waals surface area contributed by atoms with Crippen LogP contribution in [-0.4, -0.2) is 64.4 Å². The van der Waals surface area contributed by atoms with Crippen molar-refractivity contribution in [1.29, 1.82) is 0 Å². The van der Waals surface area contributed by atoms with Crippen molar-refractivity contribution >= 4 is 18.1 Å². The Hall–Kier alpha value is -1.63. The Morgan fingerprint density at radius 1 is 1.33 bits per heavy atom. The molecule has 1 unspecified atom stereocenters. The van der Waals surface area contributed by atoms with Gasteiger partial charge in [-0.1, -0.05) is 0 Å². The Morgan fingerprint density at radius 2 is 1.90 bits per heavy atom. The Kier molecular flexibility index (Phi) is 4.99. The highest BCUT2D eigenvalue weighted by Gasteiger charge is 2.54. The van der Waals surface area contributed by atoms with Crippen LogP contribution in [0.2, 0.25) is 0 Å². The molecule has 0 aromatic heterocycles. The first-order valence-electron chi connectivity index (χ1n) is 7.09. The van der Waals surface area contributed by atoms with Crippen LogP contribution in [0.4, 0.5) is 9.59 Å². The molecule has 1 N–H and O–H groups in total. The van der Waals surface area contributed by atoms with Crippen LogP contribution in [0.25, 0.3) is 0 Å². The first kappa shape index (κ1) is 17.4. The normalized spacial score (nSPS) is 25.5. The van der Waals surface area contributed by atoms with Crippen molar-refractivity contribution in [2.24, 2.45) is 0 Å². The number of likely N-dealkylation sites (tertiary alicyclic amines) is 1. The molecule has 120 valence electrons. The topological polar surface area (TPSA) is 83.9 Å². The van der Waals surface area contributed by atoms with Gasteiger partial charge in [0.2, 0.25) is 0 Å². The van der Waals surface area contributed by atoms with Gasteiger partial charge in [-0.2, -0.15) is 4.79 Å². The van der Waals surface area contributed by atoms with Crippen molar-refractivity contribution in [3.63, 3.8) is 0 Å². The van der Waals surface area contributed by atoms with E-state index in [9.17, 15) is 19.5 Å². The van der Waals surface area contributed by atoms with E-state index in [0.717, 1.165) is 4.90 Å². The smallest absolute Gasteiger partial charge is 0.459 e. The molecule has 21 heavy (non-hydrogen) atoms. The fourth-order valence-corrected chi connectivity index (χ4v) is 2.67. The third-order valence-corrected chi connectivity index (χ3v) is 3.68. The molecule has 7 nitrogen and oxygen atoms in total. The number of urea groups is 1. The molecule has 2 atom stereocenters. The molecule has 1 aliphatic heterocycles. The van der Waals surface area contributed by atoms with Crippen LogP contribution < -0.4 is 0 Å². The lowest BCUT2D eigenvalue weighted by molar-refractivity contribution is -0.790. The van der Waals surface area contributed by atoms with Crippen LogP contribution in [0, 0.1) is 0 Å². The molecule has 1 aliphatic rings. The maximum atomic E-state index is 12.5. The van der Waals surface area contributed by atoms with E-state index in [-0.39, 0.29) is 19.1 Å². The van der Waals surface area contributed by atoms with E-state index < -0.39 is 28.2 Å². The van der Waals surface area contributed by atoms with Crippen molar-refractivity contribution in [3.05, 3.63) is 0 Å². The van der Waals surface area contributed by atoms with Gasteiger partial charge in [0.25, 0.3) is 0 Å². The minimum atomic E-state index is -1.17. The number of nitrogens with zero attached hydrogens (tertiary/aromatic N) is 2. The van der Waals surface area contributed by atoms with Gasteiger partial charge < -0.3 is 9.84 Å². The Balaban J connectivity index is 2.82. The van der Waals surface area contributed by atoms with Crippen molar-refractivity contribution in [2.45, 2.75) is 52.2 Å². The average molecular weight is 301 g/mol. The van der Waals surface area contributed by atoms with E-state index >= 15 is 0 Å². The molecule has 0 saturated carbocycles. The summed E-state index contributed by atoms with van der Waals surface area (Å²) in [4.78, 5) is 37.0. The van der Waals surface area contributed by atoms with Crippen LogP contribution >= 0.6 is 0 Å². The number of carbonyl (C=O) groups excluding carboxylic acids is 2. The summed E-state index contributed by atoms with van der Waals surface area (Å²) in [5, 5.41) is 9.48. The number of rotatable bonds is 2. The predicted octanol–water partition coefficient (Wildman–Crippen LogP) is 2.06. The first-order chi connectivity index (χ1) is 9.50.